The highest BCUT2D eigenvalue weighted by Crippen LogP contribution is 2.35. The zero-order chi connectivity index (χ0) is 12.3. The monoisotopic (exact) mass is 239 g/mol. The summed E-state index contributed by atoms with van der Waals surface area (Å²) in [5, 5.41) is 3.69. The smallest absolute Gasteiger partial charge is 0.0335 e. The molecule has 0 bridgehead atoms. The van der Waals surface area contributed by atoms with Crippen LogP contribution in [-0.2, 0) is 0 Å². The van der Waals surface area contributed by atoms with Crippen LogP contribution in [0.15, 0.2) is 0 Å². The van der Waals surface area contributed by atoms with Gasteiger partial charge in [-0.3, -0.25) is 4.90 Å². The molecule has 2 heterocycles. The maximum atomic E-state index is 3.69. The van der Waals surface area contributed by atoms with Crippen LogP contribution >= 0.6 is 0 Å². The summed E-state index contributed by atoms with van der Waals surface area (Å²) in [6.45, 7) is 7.36. The number of hydrogen-bond donors (Lipinski definition) is 1. The van der Waals surface area contributed by atoms with E-state index < -0.39 is 0 Å². The van der Waals surface area contributed by atoms with E-state index in [4.69, 9.17) is 0 Å². The highest BCUT2D eigenvalue weighted by Gasteiger charge is 2.42. The summed E-state index contributed by atoms with van der Waals surface area (Å²) in [7, 11) is 4.34. The number of piperidine rings is 1. The van der Waals surface area contributed by atoms with Gasteiger partial charge in [0.05, 0.1) is 0 Å². The van der Waals surface area contributed by atoms with Crippen LogP contribution in [0, 0.1) is 0 Å². The second kappa shape index (κ2) is 5.68. The van der Waals surface area contributed by atoms with Crippen molar-refractivity contribution in [3.8, 4) is 0 Å². The Morgan fingerprint density at radius 2 is 2.18 bits per heavy atom. The first-order valence-corrected chi connectivity index (χ1v) is 7.26. The molecule has 0 aromatic heterocycles. The van der Waals surface area contributed by atoms with Crippen molar-refractivity contribution in [3.05, 3.63) is 0 Å². The molecule has 0 radical (unpaired) electrons. The number of nitrogens with one attached hydrogen (secondary N) is 1. The van der Waals surface area contributed by atoms with Crippen molar-refractivity contribution in [2.75, 3.05) is 40.3 Å². The van der Waals surface area contributed by atoms with Gasteiger partial charge in [-0.25, -0.2) is 0 Å². The number of rotatable bonds is 4. The van der Waals surface area contributed by atoms with E-state index in [2.05, 4.69) is 36.1 Å². The summed E-state index contributed by atoms with van der Waals surface area (Å²) in [4.78, 5) is 5.07. The fraction of sp³-hybridized carbons (Fsp3) is 1.00. The first-order chi connectivity index (χ1) is 8.12. The van der Waals surface area contributed by atoms with Crippen molar-refractivity contribution in [1.82, 2.24) is 15.1 Å². The average Bonchev–Trinajstić information content (AvgIpc) is 2.66. The summed E-state index contributed by atoms with van der Waals surface area (Å²) >= 11 is 0. The van der Waals surface area contributed by atoms with E-state index in [9.17, 15) is 0 Å². The van der Waals surface area contributed by atoms with Crippen LogP contribution in [-0.4, -0.2) is 61.7 Å². The van der Waals surface area contributed by atoms with Crippen LogP contribution in [0.2, 0.25) is 0 Å². The Bertz CT molecular complexity index is 232. The predicted octanol–water partition coefficient (Wildman–Crippen LogP) is 1.54. The van der Waals surface area contributed by atoms with Crippen LogP contribution in [0.4, 0.5) is 0 Å². The van der Waals surface area contributed by atoms with Gasteiger partial charge in [-0.2, -0.15) is 0 Å². The van der Waals surface area contributed by atoms with Crippen molar-refractivity contribution in [1.29, 1.82) is 0 Å². The molecule has 3 heteroatoms. The van der Waals surface area contributed by atoms with Crippen molar-refractivity contribution in [2.45, 2.75) is 50.6 Å². The molecule has 2 aliphatic rings. The van der Waals surface area contributed by atoms with E-state index in [1.165, 1.54) is 58.3 Å². The van der Waals surface area contributed by atoms with Crippen LogP contribution in [0.1, 0.15) is 39.0 Å². The van der Waals surface area contributed by atoms with E-state index in [1.807, 2.05) is 0 Å². The van der Waals surface area contributed by atoms with Crippen molar-refractivity contribution in [2.24, 2.45) is 0 Å². The van der Waals surface area contributed by atoms with Gasteiger partial charge < -0.3 is 10.2 Å². The molecule has 2 saturated heterocycles. The Labute approximate surface area is 107 Å². The van der Waals surface area contributed by atoms with E-state index >= 15 is 0 Å². The fourth-order valence-corrected chi connectivity index (χ4v) is 3.44. The molecule has 1 N–H and O–H groups in total. The minimum atomic E-state index is 0.513. The fourth-order valence-electron chi connectivity index (χ4n) is 3.44. The Morgan fingerprint density at radius 3 is 2.82 bits per heavy atom. The van der Waals surface area contributed by atoms with Crippen molar-refractivity contribution in [3.63, 3.8) is 0 Å². The van der Waals surface area contributed by atoms with Crippen LogP contribution in [0.5, 0.6) is 0 Å². The maximum absolute atomic E-state index is 3.69. The van der Waals surface area contributed by atoms with Gasteiger partial charge in [0.25, 0.3) is 0 Å². The van der Waals surface area contributed by atoms with Gasteiger partial charge in [0.1, 0.15) is 0 Å². The molecule has 0 aromatic carbocycles. The first-order valence-electron chi connectivity index (χ1n) is 7.26. The molecule has 0 amide bonds. The summed E-state index contributed by atoms with van der Waals surface area (Å²) < 4.78 is 0. The third kappa shape index (κ3) is 3.21. The number of likely N-dealkylation sites (tertiary alicyclic amines) is 1. The molecule has 17 heavy (non-hydrogen) atoms. The molecule has 3 nitrogen and oxygen atoms in total. The third-order valence-corrected chi connectivity index (χ3v) is 4.60. The first kappa shape index (κ1) is 13.3. The molecule has 2 fully saturated rings. The van der Waals surface area contributed by atoms with Gasteiger partial charge in [0.2, 0.25) is 0 Å². The SMILES string of the molecule is CC1CCC2(CCCN2CCCN(C)C)CN1. The van der Waals surface area contributed by atoms with Gasteiger partial charge in [0, 0.05) is 18.1 Å². The molecule has 2 aliphatic heterocycles. The molecule has 0 aliphatic carbocycles. The normalized spacial score (nSPS) is 34.9. The zero-order valence-electron chi connectivity index (χ0n) is 11.8. The molecular weight excluding hydrogens is 210 g/mol. The van der Waals surface area contributed by atoms with Gasteiger partial charge in [-0.15, -0.1) is 0 Å². The van der Waals surface area contributed by atoms with Gasteiger partial charge in [-0.05, 0) is 72.8 Å². The van der Waals surface area contributed by atoms with E-state index in [0.29, 0.717) is 5.54 Å². The van der Waals surface area contributed by atoms with Gasteiger partial charge in [0.15, 0.2) is 0 Å². The lowest BCUT2D eigenvalue weighted by molar-refractivity contribution is 0.0905. The van der Waals surface area contributed by atoms with Crippen LogP contribution in [0.3, 0.4) is 0 Å². The lowest BCUT2D eigenvalue weighted by atomic mass is 9.85. The molecule has 0 aromatic rings. The van der Waals surface area contributed by atoms with Crippen LogP contribution in [0.25, 0.3) is 0 Å². The van der Waals surface area contributed by atoms with E-state index in [-0.39, 0.29) is 0 Å². The summed E-state index contributed by atoms with van der Waals surface area (Å²) in [5.74, 6) is 0. The second-order valence-corrected chi connectivity index (χ2v) is 6.29. The number of nitrogens with zero attached hydrogens (tertiary/aromatic N) is 2. The largest absolute Gasteiger partial charge is 0.312 e. The summed E-state index contributed by atoms with van der Waals surface area (Å²) in [6.07, 6.45) is 6.88. The average molecular weight is 239 g/mol. The van der Waals surface area contributed by atoms with E-state index in [0.717, 1.165) is 6.04 Å². The molecule has 1 spiro atoms. The minimum Gasteiger partial charge on any atom is -0.312 e. The highest BCUT2D eigenvalue weighted by atomic mass is 15.2. The molecule has 2 atom stereocenters. The highest BCUT2D eigenvalue weighted by molar-refractivity contribution is 5.00. The van der Waals surface area contributed by atoms with E-state index in [1.54, 1.807) is 0 Å². The minimum absolute atomic E-state index is 0.513. The summed E-state index contributed by atoms with van der Waals surface area (Å²) in [5.41, 5.74) is 0.513. The topological polar surface area (TPSA) is 18.5 Å². The Balaban J connectivity index is 1.84. The Kier molecular flexibility index (Phi) is 4.45. The Hall–Kier alpha value is -0.120. The molecule has 100 valence electrons. The van der Waals surface area contributed by atoms with Gasteiger partial charge >= 0.3 is 0 Å². The molecule has 2 unspecified atom stereocenters. The van der Waals surface area contributed by atoms with Crippen LogP contribution < -0.4 is 5.32 Å². The maximum Gasteiger partial charge on any atom is 0.0335 e. The second-order valence-electron chi connectivity index (χ2n) is 6.29. The quantitative estimate of drug-likeness (QED) is 0.803. The molecule has 0 saturated carbocycles. The lowest BCUT2D eigenvalue weighted by Gasteiger charge is -2.44. The zero-order valence-corrected chi connectivity index (χ0v) is 11.8. The molecular formula is C14H29N3. The standard InChI is InChI=1S/C14H29N3/c1-13-6-8-14(12-15-13)7-4-10-17(14)11-5-9-16(2)3/h13,15H,4-12H2,1-3H3. The summed E-state index contributed by atoms with van der Waals surface area (Å²) in [6, 6.07) is 0.727. The predicted molar refractivity (Wildman–Crippen MR) is 73.4 cm³/mol. The van der Waals surface area contributed by atoms with Crippen molar-refractivity contribution < 1.29 is 0 Å². The van der Waals surface area contributed by atoms with Crippen molar-refractivity contribution >= 4 is 0 Å². The Morgan fingerprint density at radius 1 is 1.35 bits per heavy atom. The number of hydrogen-bond acceptors (Lipinski definition) is 3. The third-order valence-electron chi connectivity index (χ3n) is 4.60. The van der Waals surface area contributed by atoms with Gasteiger partial charge in [-0.1, -0.05) is 0 Å². The molecule has 2 rings (SSSR count). The lowest BCUT2D eigenvalue weighted by Crippen LogP contribution is -2.56.